The molecule has 0 unspecified atom stereocenters. The molecule has 4 aromatic rings. The Bertz CT molecular complexity index is 1130. The van der Waals surface area contributed by atoms with Crippen LogP contribution in [0.2, 0.25) is 0 Å². The van der Waals surface area contributed by atoms with Crippen LogP contribution in [0, 0.1) is 6.92 Å². The SMILES string of the molecule is Cc1nc2sc(-c3ccccc3)cc2c(=O)n1CC(=O)Nc1nccs1. The van der Waals surface area contributed by atoms with Crippen LogP contribution in [0.25, 0.3) is 20.7 Å². The topological polar surface area (TPSA) is 76.9 Å². The van der Waals surface area contributed by atoms with E-state index in [-0.39, 0.29) is 18.0 Å². The number of amides is 1. The van der Waals surface area contributed by atoms with E-state index in [2.05, 4.69) is 15.3 Å². The highest BCUT2D eigenvalue weighted by Gasteiger charge is 2.15. The van der Waals surface area contributed by atoms with Crippen molar-refractivity contribution in [3.63, 3.8) is 0 Å². The standard InChI is InChI=1S/C18H14N4O2S2/c1-11-20-16-13(9-14(26-16)12-5-3-2-4-6-12)17(24)22(11)10-15(23)21-18-19-7-8-25-18/h2-9H,10H2,1H3,(H,19,21,23). The molecule has 1 aromatic carbocycles. The van der Waals surface area contributed by atoms with Gasteiger partial charge in [0.15, 0.2) is 5.13 Å². The van der Waals surface area contributed by atoms with Crippen LogP contribution in [0.3, 0.4) is 0 Å². The summed E-state index contributed by atoms with van der Waals surface area (Å²) in [5, 5.41) is 5.50. The molecule has 0 radical (unpaired) electrons. The fourth-order valence-corrected chi connectivity index (χ4v) is 4.25. The number of aryl methyl sites for hydroxylation is 1. The molecule has 0 fully saturated rings. The highest BCUT2D eigenvalue weighted by molar-refractivity contribution is 7.21. The lowest BCUT2D eigenvalue weighted by molar-refractivity contribution is -0.116. The minimum Gasteiger partial charge on any atom is -0.300 e. The van der Waals surface area contributed by atoms with Crippen molar-refractivity contribution in [2.45, 2.75) is 13.5 Å². The number of carbonyl (C=O) groups excluding carboxylic acids is 1. The fourth-order valence-electron chi connectivity index (χ4n) is 2.64. The van der Waals surface area contributed by atoms with Gasteiger partial charge in [0, 0.05) is 16.5 Å². The molecule has 4 rings (SSSR count). The summed E-state index contributed by atoms with van der Waals surface area (Å²) in [5.74, 6) is 0.211. The van der Waals surface area contributed by atoms with Gasteiger partial charge < -0.3 is 5.32 Å². The van der Waals surface area contributed by atoms with E-state index in [0.29, 0.717) is 21.2 Å². The van der Waals surface area contributed by atoms with Crippen molar-refractivity contribution in [1.29, 1.82) is 0 Å². The molecule has 1 amide bonds. The molecule has 0 saturated heterocycles. The third-order valence-corrected chi connectivity index (χ3v) is 5.65. The number of thiophene rings is 1. The van der Waals surface area contributed by atoms with Crippen LogP contribution < -0.4 is 10.9 Å². The average molecular weight is 382 g/mol. The first-order valence-electron chi connectivity index (χ1n) is 7.87. The third kappa shape index (κ3) is 3.16. The van der Waals surface area contributed by atoms with Crippen LogP contribution in [-0.4, -0.2) is 20.4 Å². The number of nitrogens with zero attached hydrogens (tertiary/aromatic N) is 3. The molecular weight excluding hydrogens is 368 g/mol. The number of rotatable bonds is 4. The third-order valence-electron chi connectivity index (χ3n) is 3.88. The number of aromatic nitrogens is 3. The van der Waals surface area contributed by atoms with Crippen molar-refractivity contribution < 1.29 is 4.79 Å². The predicted octanol–water partition coefficient (Wildman–Crippen LogP) is 3.53. The summed E-state index contributed by atoms with van der Waals surface area (Å²) in [4.78, 5) is 35.3. The average Bonchev–Trinajstić information content (AvgIpc) is 3.29. The van der Waals surface area contributed by atoms with Gasteiger partial charge in [-0.3, -0.25) is 14.2 Å². The molecular formula is C18H14N4O2S2. The Hall–Kier alpha value is -2.84. The van der Waals surface area contributed by atoms with Crippen molar-refractivity contribution in [3.8, 4) is 10.4 Å². The molecule has 6 nitrogen and oxygen atoms in total. The molecule has 26 heavy (non-hydrogen) atoms. The lowest BCUT2D eigenvalue weighted by Crippen LogP contribution is -2.29. The maximum absolute atomic E-state index is 12.9. The van der Waals surface area contributed by atoms with Crippen molar-refractivity contribution in [2.75, 3.05) is 5.32 Å². The van der Waals surface area contributed by atoms with E-state index >= 15 is 0 Å². The van der Waals surface area contributed by atoms with Gasteiger partial charge >= 0.3 is 0 Å². The van der Waals surface area contributed by atoms with E-state index in [1.165, 1.54) is 27.2 Å². The Morgan fingerprint density at radius 3 is 2.81 bits per heavy atom. The van der Waals surface area contributed by atoms with Crippen LogP contribution in [0.4, 0.5) is 5.13 Å². The number of fused-ring (bicyclic) bond motifs is 1. The monoisotopic (exact) mass is 382 g/mol. The predicted molar refractivity (Wildman–Crippen MR) is 105 cm³/mol. The normalized spacial score (nSPS) is 11.0. The molecule has 0 bridgehead atoms. The number of hydrogen-bond donors (Lipinski definition) is 1. The Labute approximate surface area is 156 Å². The van der Waals surface area contributed by atoms with Gasteiger partial charge in [-0.05, 0) is 18.6 Å². The summed E-state index contributed by atoms with van der Waals surface area (Å²) in [5.41, 5.74) is 0.834. The second kappa shape index (κ2) is 6.81. The molecule has 3 aromatic heterocycles. The van der Waals surface area contributed by atoms with Gasteiger partial charge in [0.25, 0.3) is 5.56 Å². The lowest BCUT2D eigenvalue weighted by Gasteiger charge is -2.08. The number of thiazole rings is 1. The number of carbonyl (C=O) groups is 1. The van der Waals surface area contributed by atoms with E-state index in [1.807, 2.05) is 36.4 Å². The van der Waals surface area contributed by atoms with E-state index < -0.39 is 0 Å². The molecule has 0 aliphatic rings. The first-order chi connectivity index (χ1) is 12.6. The van der Waals surface area contributed by atoms with E-state index in [0.717, 1.165) is 10.4 Å². The van der Waals surface area contributed by atoms with Crippen LogP contribution in [0.15, 0.2) is 52.8 Å². The Balaban J connectivity index is 1.69. The van der Waals surface area contributed by atoms with Gasteiger partial charge in [0.1, 0.15) is 17.2 Å². The summed E-state index contributed by atoms with van der Waals surface area (Å²) in [6.45, 7) is 1.64. The van der Waals surface area contributed by atoms with Gasteiger partial charge in [-0.25, -0.2) is 9.97 Å². The lowest BCUT2D eigenvalue weighted by atomic mass is 10.2. The van der Waals surface area contributed by atoms with E-state index in [1.54, 1.807) is 18.5 Å². The number of anilines is 1. The maximum atomic E-state index is 12.9. The largest absolute Gasteiger partial charge is 0.300 e. The van der Waals surface area contributed by atoms with Gasteiger partial charge in [0.05, 0.1) is 5.39 Å². The number of nitrogens with one attached hydrogen (secondary N) is 1. The molecule has 8 heteroatoms. The summed E-state index contributed by atoms with van der Waals surface area (Å²) in [6, 6.07) is 11.7. The second-order valence-corrected chi connectivity index (χ2v) is 7.56. The quantitative estimate of drug-likeness (QED) is 0.586. The Kier molecular flexibility index (Phi) is 4.36. The molecule has 1 N–H and O–H groups in total. The highest BCUT2D eigenvalue weighted by atomic mass is 32.1. The van der Waals surface area contributed by atoms with Crippen molar-refractivity contribution in [3.05, 3.63) is 64.2 Å². The molecule has 0 spiro atoms. The van der Waals surface area contributed by atoms with Gasteiger partial charge in [-0.2, -0.15) is 0 Å². The van der Waals surface area contributed by atoms with E-state index in [9.17, 15) is 9.59 Å². The zero-order valence-electron chi connectivity index (χ0n) is 13.8. The van der Waals surface area contributed by atoms with Gasteiger partial charge in [-0.15, -0.1) is 22.7 Å². The zero-order chi connectivity index (χ0) is 18.1. The van der Waals surface area contributed by atoms with Crippen LogP contribution >= 0.6 is 22.7 Å². The first kappa shape index (κ1) is 16.6. The van der Waals surface area contributed by atoms with Crippen molar-refractivity contribution in [2.24, 2.45) is 0 Å². The van der Waals surface area contributed by atoms with Gasteiger partial charge in [0.2, 0.25) is 5.91 Å². The molecule has 0 saturated carbocycles. The zero-order valence-corrected chi connectivity index (χ0v) is 15.4. The van der Waals surface area contributed by atoms with E-state index in [4.69, 9.17) is 0 Å². The van der Waals surface area contributed by atoms with Crippen LogP contribution in [0.1, 0.15) is 5.82 Å². The fraction of sp³-hybridized carbons (Fsp3) is 0.111. The van der Waals surface area contributed by atoms with Crippen molar-refractivity contribution in [1.82, 2.24) is 14.5 Å². The Morgan fingerprint density at radius 1 is 1.27 bits per heavy atom. The summed E-state index contributed by atoms with van der Waals surface area (Å²) in [7, 11) is 0. The molecule has 130 valence electrons. The second-order valence-electron chi connectivity index (χ2n) is 5.63. The molecule has 0 atom stereocenters. The first-order valence-corrected chi connectivity index (χ1v) is 9.57. The van der Waals surface area contributed by atoms with Crippen molar-refractivity contribution >= 4 is 43.9 Å². The maximum Gasteiger partial charge on any atom is 0.262 e. The number of benzene rings is 1. The van der Waals surface area contributed by atoms with Crippen LogP contribution in [-0.2, 0) is 11.3 Å². The summed E-state index contributed by atoms with van der Waals surface area (Å²) < 4.78 is 1.40. The minimum absolute atomic E-state index is 0.0935. The molecule has 3 heterocycles. The Morgan fingerprint density at radius 2 is 2.08 bits per heavy atom. The molecule has 0 aliphatic heterocycles. The smallest absolute Gasteiger partial charge is 0.262 e. The summed E-state index contributed by atoms with van der Waals surface area (Å²) >= 11 is 2.81. The summed E-state index contributed by atoms with van der Waals surface area (Å²) in [6.07, 6.45) is 1.61. The van der Waals surface area contributed by atoms with Gasteiger partial charge in [-0.1, -0.05) is 30.3 Å². The van der Waals surface area contributed by atoms with Crippen LogP contribution in [0.5, 0.6) is 0 Å². The number of hydrogen-bond acceptors (Lipinski definition) is 6. The highest BCUT2D eigenvalue weighted by Crippen LogP contribution is 2.30. The molecule has 0 aliphatic carbocycles. The minimum atomic E-state index is -0.301.